The molecule has 0 aliphatic rings. The van der Waals surface area contributed by atoms with Gasteiger partial charge in [-0.1, -0.05) is 50.1 Å². The Morgan fingerprint density at radius 1 is 1.21 bits per heavy atom. The normalized spacial score (nSPS) is 10.0. The van der Waals surface area contributed by atoms with Crippen molar-refractivity contribution in [2.75, 3.05) is 0 Å². The van der Waals surface area contributed by atoms with Crippen LogP contribution in [0, 0.1) is 6.92 Å². The van der Waals surface area contributed by atoms with E-state index < -0.39 is 0 Å². The average molecular weight is 226 g/mol. The molecule has 3 heteroatoms. The molecule has 0 atom stereocenters. The predicted octanol–water partition coefficient (Wildman–Crippen LogP) is -3.51. The number of hydrogen-bond donors (Lipinski definition) is 0. The van der Waals surface area contributed by atoms with Crippen LogP contribution in [0.4, 0.5) is 0 Å². The Hall–Kier alpha value is 1.66. The Kier molecular flexibility index (Phi) is 9.11. The molecule has 0 bridgehead atoms. The molecule has 1 aromatic carbocycles. The monoisotopic (exact) mass is 226 g/mol. The molecule has 0 unspecified atom stereocenters. The average Bonchev–Trinajstić information content (AvgIpc) is 1.92. The summed E-state index contributed by atoms with van der Waals surface area (Å²) in [6.45, 7) is 8.18. The minimum absolute atomic E-state index is 0. The Morgan fingerprint density at radius 3 is 2.07 bits per heavy atom. The van der Waals surface area contributed by atoms with Gasteiger partial charge < -0.3 is 6.53 Å². The van der Waals surface area contributed by atoms with Gasteiger partial charge in [0.1, 0.15) is 0 Å². The van der Waals surface area contributed by atoms with Gasteiger partial charge in [-0.3, -0.25) is 0 Å². The summed E-state index contributed by atoms with van der Waals surface area (Å²) in [5.41, 5.74) is 2.02. The largest absolute Gasteiger partial charge is 1.00 e. The quantitative estimate of drug-likeness (QED) is 0.421. The van der Waals surface area contributed by atoms with Gasteiger partial charge >= 0.3 is 80.9 Å². The summed E-state index contributed by atoms with van der Waals surface area (Å²) in [5.74, 6) is 0.146. The van der Waals surface area contributed by atoms with E-state index in [0.717, 1.165) is 11.1 Å². The van der Waals surface area contributed by atoms with Gasteiger partial charge in [-0.2, -0.15) is 0 Å². The first-order chi connectivity index (χ1) is 5.41. The standard InChI is InChI=1S/C11H16O.K.Na.H/c1-8-5-6-10(12)9(7-8)11(2,3)4;;;/h5-7,12H,1-4H3;;;/q;2*+1;-1/p-1. The zero-order chi connectivity index (χ0) is 9.35. The molecule has 1 nitrogen and oxygen atoms in total. The third-order valence-corrected chi connectivity index (χ3v) is 1.94. The maximum Gasteiger partial charge on any atom is 1.00 e. The fourth-order valence-electron chi connectivity index (χ4n) is 1.23. The van der Waals surface area contributed by atoms with E-state index in [1.54, 1.807) is 6.07 Å². The van der Waals surface area contributed by atoms with Crippen LogP contribution in [0.5, 0.6) is 5.75 Å². The Labute approximate surface area is 153 Å². The van der Waals surface area contributed by atoms with E-state index in [4.69, 9.17) is 0 Å². The molecule has 0 saturated heterocycles. The Bertz CT molecular complexity index is 297. The van der Waals surface area contributed by atoms with Crippen LogP contribution in [-0.4, -0.2) is 0 Å². The maximum absolute atomic E-state index is 11.4. The first-order valence-corrected chi connectivity index (χ1v) is 4.19. The van der Waals surface area contributed by atoms with Crippen LogP contribution in [-0.2, 0) is 5.41 Å². The Morgan fingerprint density at radius 2 is 1.71 bits per heavy atom. The van der Waals surface area contributed by atoms with Crippen LogP contribution in [0.15, 0.2) is 18.2 Å². The molecule has 0 spiro atoms. The van der Waals surface area contributed by atoms with E-state index in [0.29, 0.717) is 0 Å². The van der Waals surface area contributed by atoms with E-state index in [2.05, 4.69) is 20.8 Å². The van der Waals surface area contributed by atoms with Crippen LogP contribution >= 0.6 is 0 Å². The molecule has 0 N–H and O–H groups in total. The smallest absolute Gasteiger partial charge is 1.00 e. The second-order valence-corrected chi connectivity index (χ2v) is 4.25. The van der Waals surface area contributed by atoms with Crippen molar-refractivity contribution in [1.29, 1.82) is 0 Å². The molecular weight excluding hydrogens is 210 g/mol. The van der Waals surface area contributed by atoms with Crippen LogP contribution in [0.1, 0.15) is 33.3 Å². The molecular formula is C11H16KNaO. The topological polar surface area (TPSA) is 23.1 Å². The molecule has 0 heterocycles. The third-order valence-electron chi connectivity index (χ3n) is 1.94. The van der Waals surface area contributed by atoms with Gasteiger partial charge in [0.15, 0.2) is 0 Å². The van der Waals surface area contributed by atoms with Crippen molar-refractivity contribution in [3.8, 4) is 5.75 Å². The zero-order valence-corrected chi connectivity index (χ0v) is 15.3. The van der Waals surface area contributed by atoms with Crippen molar-refractivity contribution in [1.82, 2.24) is 0 Å². The molecule has 0 aliphatic carbocycles. The van der Waals surface area contributed by atoms with Gasteiger partial charge in [-0.05, 0) is 12.3 Å². The minimum atomic E-state index is -0.0386. The number of benzene rings is 1. The summed E-state index contributed by atoms with van der Waals surface area (Å²) >= 11 is 0. The molecule has 0 radical (unpaired) electrons. The van der Waals surface area contributed by atoms with Crippen molar-refractivity contribution in [3.63, 3.8) is 0 Å². The first kappa shape index (κ1) is 18.0. The fraction of sp³-hybridized carbons (Fsp3) is 0.455. The summed E-state index contributed by atoms with van der Waals surface area (Å²) in [7, 11) is 0. The van der Waals surface area contributed by atoms with Gasteiger partial charge in [0.25, 0.3) is 0 Å². The van der Waals surface area contributed by atoms with Crippen LogP contribution in [0.3, 0.4) is 0 Å². The van der Waals surface area contributed by atoms with Crippen LogP contribution in [0.25, 0.3) is 0 Å². The molecule has 14 heavy (non-hydrogen) atoms. The molecule has 1 rings (SSSR count). The van der Waals surface area contributed by atoms with Gasteiger partial charge in [-0.15, -0.1) is 5.75 Å². The van der Waals surface area contributed by atoms with Crippen molar-refractivity contribution < 1.29 is 87.5 Å². The Balaban J connectivity index is -0.000000480. The van der Waals surface area contributed by atoms with Crippen molar-refractivity contribution in [2.24, 2.45) is 0 Å². The zero-order valence-electron chi connectivity index (χ0n) is 11.1. The van der Waals surface area contributed by atoms with E-state index in [9.17, 15) is 5.11 Å². The fourth-order valence-corrected chi connectivity index (χ4v) is 1.23. The summed E-state index contributed by atoms with van der Waals surface area (Å²) in [6, 6.07) is 5.48. The molecule has 1 aromatic rings. The van der Waals surface area contributed by atoms with Gasteiger partial charge in [0, 0.05) is 0 Å². The molecule has 0 aromatic heterocycles. The predicted molar refractivity (Wildman–Crippen MR) is 50.4 cm³/mol. The van der Waals surface area contributed by atoms with Gasteiger partial charge in [-0.25, -0.2) is 0 Å². The second kappa shape index (κ2) is 7.07. The molecule has 0 amide bonds. The van der Waals surface area contributed by atoms with E-state index >= 15 is 0 Å². The van der Waals surface area contributed by atoms with E-state index in [-0.39, 0.29) is 93.5 Å². The van der Waals surface area contributed by atoms with Crippen molar-refractivity contribution >= 4 is 0 Å². The number of hydrogen-bond acceptors (Lipinski definition) is 1. The SMILES string of the molecule is Cc1ccc([O-])c(C(C)(C)C)c1.[H-].[K+].[Na+]. The van der Waals surface area contributed by atoms with Gasteiger partial charge in [0.05, 0.1) is 0 Å². The van der Waals surface area contributed by atoms with Gasteiger partial charge in [0.2, 0.25) is 0 Å². The molecule has 68 valence electrons. The summed E-state index contributed by atoms with van der Waals surface area (Å²) in [6.07, 6.45) is 0. The summed E-state index contributed by atoms with van der Waals surface area (Å²) in [4.78, 5) is 0. The van der Waals surface area contributed by atoms with E-state index in [1.807, 2.05) is 19.1 Å². The minimum Gasteiger partial charge on any atom is -1.00 e. The van der Waals surface area contributed by atoms with Crippen LogP contribution < -0.4 is 86.0 Å². The number of aryl methyl sites for hydroxylation is 1. The molecule has 0 saturated carbocycles. The van der Waals surface area contributed by atoms with E-state index in [1.165, 1.54) is 0 Å². The van der Waals surface area contributed by atoms with Crippen LogP contribution in [0.2, 0.25) is 0 Å². The van der Waals surface area contributed by atoms with Crippen molar-refractivity contribution in [3.05, 3.63) is 29.3 Å². The number of rotatable bonds is 0. The van der Waals surface area contributed by atoms with Crippen molar-refractivity contribution in [2.45, 2.75) is 33.1 Å². The molecule has 0 fully saturated rings. The second-order valence-electron chi connectivity index (χ2n) is 4.25. The maximum atomic E-state index is 11.4. The summed E-state index contributed by atoms with van der Waals surface area (Å²) < 4.78 is 0. The first-order valence-electron chi connectivity index (χ1n) is 4.19. The molecule has 0 aliphatic heterocycles. The third kappa shape index (κ3) is 5.13. The summed E-state index contributed by atoms with van der Waals surface area (Å²) in [5, 5.41) is 11.4.